The highest BCUT2D eigenvalue weighted by Gasteiger charge is 2.43. The Morgan fingerprint density at radius 3 is 2.83 bits per heavy atom. The number of likely N-dealkylation sites (tertiary alicyclic amines) is 1. The number of piperidine rings is 1. The van der Waals surface area contributed by atoms with E-state index in [-0.39, 0.29) is 11.8 Å². The van der Waals surface area contributed by atoms with Crippen LogP contribution in [0.4, 0.5) is 0 Å². The van der Waals surface area contributed by atoms with Crippen LogP contribution in [0.3, 0.4) is 0 Å². The van der Waals surface area contributed by atoms with Gasteiger partial charge in [0.15, 0.2) is 5.72 Å². The number of nitrogens with one attached hydrogen (secondary N) is 2. The molecule has 1 spiro atoms. The van der Waals surface area contributed by atoms with Crippen LogP contribution < -0.4 is 10.1 Å². The molecule has 3 aromatic rings. The average Bonchev–Trinajstić information content (AvgIpc) is 3.18. The van der Waals surface area contributed by atoms with Gasteiger partial charge >= 0.3 is 0 Å². The van der Waals surface area contributed by atoms with Crippen molar-refractivity contribution in [1.29, 1.82) is 0 Å². The molecule has 148 valence electrons. The summed E-state index contributed by atoms with van der Waals surface area (Å²) in [7, 11) is 0. The first-order valence-electron chi connectivity index (χ1n) is 9.17. The second-order valence-corrected chi connectivity index (χ2v) is 8.60. The third kappa shape index (κ3) is 3.16. The van der Waals surface area contributed by atoms with Crippen LogP contribution in [-0.2, 0) is 0 Å². The van der Waals surface area contributed by atoms with Crippen LogP contribution in [0, 0.1) is 0 Å². The lowest BCUT2D eigenvalue weighted by Crippen LogP contribution is -2.61. The number of hydrogen-bond acceptors (Lipinski definition) is 4. The predicted octanol–water partition coefficient (Wildman–Crippen LogP) is 3.73. The van der Waals surface area contributed by atoms with Gasteiger partial charge < -0.3 is 15.0 Å². The van der Waals surface area contributed by atoms with E-state index in [9.17, 15) is 9.59 Å². The van der Waals surface area contributed by atoms with Crippen molar-refractivity contribution in [2.75, 3.05) is 13.1 Å². The van der Waals surface area contributed by atoms with Crippen LogP contribution in [0.2, 0.25) is 5.02 Å². The molecule has 2 aliphatic rings. The molecule has 5 rings (SSSR count). The van der Waals surface area contributed by atoms with Crippen molar-refractivity contribution < 1.29 is 14.3 Å². The van der Waals surface area contributed by atoms with Gasteiger partial charge in [0, 0.05) is 41.4 Å². The Morgan fingerprint density at radius 2 is 2.03 bits per heavy atom. The molecule has 2 aliphatic heterocycles. The minimum Gasteiger partial charge on any atom is -0.467 e. The summed E-state index contributed by atoms with van der Waals surface area (Å²) >= 11 is 9.64. The lowest BCUT2D eigenvalue weighted by molar-refractivity contribution is -0.0245. The van der Waals surface area contributed by atoms with E-state index in [0.717, 1.165) is 9.86 Å². The van der Waals surface area contributed by atoms with Gasteiger partial charge in [-0.1, -0.05) is 27.5 Å². The number of aromatic amines is 1. The number of carbonyl (C=O) groups excluding carboxylic acids is 2. The zero-order valence-electron chi connectivity index (χ0n) is 15.2. The molecule has 1 fully saturated rings. The zero-order chi connectivity index (χ0) is 20.2. The summed E-state index contributed by atoms with van der Waals surface area (Å²) in [5, 5.41) is 11.0. The van der Waals surface area contributed by atoms with Crippen molar-refractivity contribution in [3.05, 3.63) is 57.2 Å². The molecule has 1 aromatic heterocycles. The number of ether oxygens (including phenoxy) is 1. The minimum atomic E-state index is -0.791. The Hall–Kier alpha value is -2.58. The fourth-order valence-electron chi connectivity index (χ4n) is 3.90. The molecule has 0 unspecified atom stereocenters. The first kappa shape index (κ1) is 18.4. The summed E-state index contributed by atoms with van der Waals surface area (Å²) in [5.41, 5.74) is 0.945. The molecule has 9 heteroatoms. The molecule has 2 aromatic carbocycles. The van der Waals surface area contributed by atoms with Gasteiger partial charge in [-0.3, -0.25) is 14.7 Å². The van der Waals surface area contributed by atoms with Gasteiger partial charge in [0.1, 0.15) is 5.75 Å². The van der Waals surface area contributed by atoms with Crippen LogP contribution in [-0.4, -0.2) is 45.7 Å². The number of nitrogens with zero attached hydrogens (tertiary/aromatic N) is 2. The molecule has 0 bridgehead atoms. The number of rotatable bonds is 1. The molecule has 0 aliphatic carbocycles. The van der Waals surface area contributed by atoms with Gasteiger partial charge in [0.2, 0.25) is 0 Å². The summed E-state index contributed by atoms with van der Waals surface area (Å²) < 4.78 is 6.98. The molecular formula is C20H16BrClN4O3. The predicted molar refractivity (Wildman–Crippen MR) is 111 cm³/mol. The van der Waals surface area contributed by atoms with E-state index in [1.165, 1.54) is 0 Å². The molecule has 0 atom stereocenters. The van der Waals surface area contributed by atoms with Gasteiger partial charge in [-0.2, -0.15) is 5.10 Å². The molecule has 2 N–H and O–H groups in total. The Bertz CT molecular complexity index is 1150. The lowest BCUT2D eigenvalue weighted by atomic mass is 9.96. The Kier molecular flexibility index (Phi) is 4.29. The van der Waals surface area contributed by atoms with Gasteiger partial charge in [-0.25, -0.2) is 0 Å². The van der Waals surface area contributed by atoms with Gasteiger partial charge in [-0.15, -0.1) is 0 Å². The highest BCUT2D eigenvalue weighted by Crippen LogP contribution is 2.35. The van der Waals surface area contributed by atoms with Gasteiger partial charge in [-0.05, 0) is 30.3 Å². The smallest absolute Gasteiger partial charge is 0.258 e. The summed E-state index contributed by atoms with van der Waals surface area (Å²) in [5.74, 6) is 0.301. The Morgan fingerprint density at radius 1 is 1.24 bits per heavy atom. The molecule has 7 nitrogen and oxygen atoms in total. The molecule has 0 saturated carbocycles. The van der Waals surface area contributed by atoms with E-state index in [1.54, 1.807) is 35.4 Å². The van der Waals surface area contributed by atoms with E-state index in [1.807, 2.05) is 6.07 Å². The Balaban J connectivity index is 1.34. The third-order valence-electron chi connectivity index (χ3n) is 5.44. The first-order valence-corrected chi connectivity index (χ1v) is 10.3. The molecule has 0 radical (unpaired) electrons. The highest BCUT2D eigenvalue weighted by atomic mass is 79.9. The average molecular weight is 476 g/mol. The molecule has 3 heterocycles. The van der Waals surface area contributed by atoms with Crippen molar-refractivity contribution in [2.24, 2.45) is 0 Å². The number of aromatic nitrogens is 2. The lowest BCUT2D eigenvalue weighted by Gasteiger charge is -2.44. The molecule has 2 amide bonds. The highest BCUT2D eigenvalue weighted by molar-refractivity contribution is 9.10. The maximum Gasteiger partial charge on any atom is 0.258 e. The third-order valence-corrected chi connectivity index (χ3v) is 6.23. The largest absolute Gasteiger partial charge is 0.467 e. The number of fused-ring (bicyclic) bond motifs is 2. The van der Waals surface area contributed by atoms with E-state index in [4.69, 9.17) is 16.3 Å². The quantitative estimate of drug-likeness (QED) is 0.561. The standard InChI is InChI=1S/C20H16BrClN4O3/c21-13-1-2-16-14(9-13)18(27)24-20(29-16)3-5-26(6-4-20)19(28)11-7-12-10-23-25-17(12)15(22)8-11/h1-2,7-10H,3-6H2,(H,23,25)(H,24,27). The van der Waals surface area contributed by atoms with Crippen LogP contribution in [0.5, 0.6) is 5.75 Å². The number of H-pyrrole nitrogens is 1. The molecular weight excluding hydrogens is 460 g/mol. The number of amides is 2. The monoisotopic (exact) mass is 474 g/mol. The summed E-state index contributed by atoms with van der Waals surface area (Å²) in [6, 6.07) is 8.82. The van der Waals surface area contributed by atoms with E-state index >= 15 is 0 Å². The van der Waals surface area contributed by atoms with Crippen LogP contribution in [0.1, 0.15) is 33.6 Å². The maximum absolute atomic E-state index is 13.0. The normalized spacial score (nSPS) is 17.7. The van der Waals surface area contributed by atoms with Crippen molar-refractivity contribution in [3.63, 3.8) is 0 Å². The number of carbonyl (C=O) groups is 2. The van der Waals surface area contributed by atoms with E-state index in [0.29, 0.717) is 53.3 Å². The molecule has 29 heavy (non-hydrogen) atoms. The zero-order valence-corrected chi connectivity index (χ0v) is 17.5. The molecule has 1 saturated heterocycles. The van der Waals surface area contributed by atoms with Gasteiger partial charge in [0.25, 0.3) is 11.8 Å². The van der Waals surface area contributed by atoms with E-state index < -0.39 is 5.72 Å². The minimum absolute atomic E-state index is 0.101. The fraction of sp³-hybridized carbons (Fsp3) is 0.250. The second kappa shape index (κ2) is 6.74. The fourth-order valence-corrected chi connectivity index (χ4v) is 4.53. The van der Waals surface area contributed by atoms with Crippen molar-refractivity contribution in [3.8, 4) is 5.75 Å². The van der Waals surface area contributed by atoms with Crippen molar-refractivity contribution >= 4 is 50.2 Å². The van der Waals surface area contributed by atoms with Crippen LogP contribution in [0.15, 0.2) is 41.0 Å². The van der Waals surface area contributed by atoms with E-state index in [2.05, 4.69) is 31.4 Å². The number of hydrogen-bond donors (Lipinski definition) is 2. The van der Waals surface area contributed by atoms with Crippen LogP contribution >= 0.6 is 27.5 Å². The first-order chi connectivity index (χ1) is 13.9. The Labute approximate surface area is 179 Å². The number of benzene rings is 2. The second-order valence-electron chi connectivity index (χ2n) is 7.28. The SMILES string of the molecule is O=C1NC2(CCN(C(=O)c3cc(Cl)c4[nH]ncc4c3)CC2)Oc2ccc(Br)cc21. The topological polar surface area (TPSA) is 87.3 Å². The number of halogens is 2. The van der Waals surface area contributed by atoms with Crippen LogP contribution in [0.25, 0.3) is 10.9 Å². The summed E-state index contributed by atoms with van der Waals surface area (Å²) in [6.45, 7) is 0.929. The summed E-state index contributed by atoms with van der Waals surface area (Å²) in [6.07, 6.45) is 2.65. The maximum atomic E-state index is 13.0. The van der Waals surface area contributed by atoms with Gasteiger partial charge in [0.05, 0.1) is 22.3 Å². The van der Waals surface area contributed by atoms with Crippen molar-refractivity contribution in [1.82, 2.24) is 20.4 Å². The summed E-state index contributed by atoms with van der Waals surface area (Å²) in [4.78, 5) is 27.3. The van der Waals surface area contributed by atoms with Crippen molar-refractivity contribution in [2.45, 2.75) is 18.6 Å².